The standard InChI is InChI=1S/C5H8.Po.2H/c1-3-5-4-2;;;/h3-5H,1H2,2H3;;;. The minimum absolute atomic E-state index is 0. The molecule has 0 bridgehead atoms. The predicted octanol–water partition coefficient (Wildman–Crippen LogP) is 0.832. The molecule has 36 valence electrons. The molecule has 0 aliphatic heterocycles. The third kappa shape index (κ3) is 8.83. The van der Waals surface area contributed by atoms with Crippen molar-refractivity contribution in [2.75, 3.05) is 0 Å². The van der Waals surface area contributed by atoms with Gasteiger partial charge in [0.15, 0.2) is 0 Å². The molecule has 0 aromatic carbocycles. The zero-order valence-electron chi connectivity index (χ0n) is 3.94. The van der Waals surface area contributed by atoms with Crippen molar-refractivity contribution in [3.63, 3.8) is 0 Å². The maximum absolute atomic E-state index is 3.46. The van der Waals surface area contributed by atoms with Crippen LogP contribution in [0.5, 0.6) is 0 Å². The first kappa shape index (κ1) is 9.62. The van der Waals surface area contributed by atoms with Crippen molar-refractivity contribution in [2.24, 2.45) is 0 Å². The average Bonchev–Trinajstić information content (AvgIpc) is 1.41. The SMILES string of the molecule is C=CC=CC.[PoH2]. The second kappa shape index (κ2) is 9.03. The molecule has 0 N–H and O–H groups in total. The Labute approximate surface area is 58.4 Å². The van der Waals surface area contributed by atoms with Crippen LogP contribution in [0, 0.1) is 0 Å². The van der Waals surface area contributed by atoms with E-state index in [1.54, 1.807) is 6.08 Å². The van der Waals surface area contributed by atoms with Gasteiger partial charge < -0.3 is 0 Å². The van der Waals surface area contributed by atoms with E-state index in [-0.39, 0.29) is 26.6 Å². The molecule has 0 nitrogen and oxygen atoms in total. The monoisotopic (exact) mass is 279 g/mol. The van der Waals surface area contributed by atoms with E-state index in [1.165, 1.54) is 0 Å². The molecule has 0 spiro atoms. The van der Waals surface area contributed by atoms with Crippen LogP contribution in [0.25, 0.3) is 0 Å². The van der Waals surface area contributed by atoms with Gasteiger partial charge in [0.25, 0.3) is 0 Å². The fraction of sp³-hybridized carbons (Fsp3) is 0.200. The molecule has 0 amide bonds. The minimum atomic E-state index is 0. The van der Waals surface area contributed by atoms with Crippen LogP contribution < -0.4 is 0 Å². The van der Waals surface area contributed by atoms with Gasteiger partial charge in [-0.15, -0.1) is 0 Å². The summed E-state index contributed by atoms with van der Waals surface area (Å²) >= 11 is 0. The van der Waals surface area contributed by atoms with Crippen LogP contribution in [0.15, 0.2) is 24.8 Å². The molecule has 0 rings (SSSR count). The van der Waals surface area contributed by atoms with Gasteiger partial charge in [-0.2, -0.15) is 0 Å². The van der Waals surface area contributed by atoms with Crippen molar-refractivity contribution in [3.8, 4) is 0 Å². The summed E-state index contributed by atoms with van der Waals surface area (Å²) in [4.78, 5) is 0. The van der Waals surface area contributed by atoms with E-state index < -0.39 is 0 Å². The first-order chi connectivity index (χ1) is 2.41. The third-order valence-electron chi connectivity index (χ3n) is 0.329. The second-order valence-corrected chi connectivity index (χ2v) is 0.761. The molecule has 0 aromatic rings. The molecule has 0 saturated heterocycles. The topological polar surface area (TPSA) is 0 Å². The van der Waals surface area contributed by atoms with Crippen LogP contribution in [0.1, 0.15) is 6.92 Å². The summed E-state index contributed by atoms with van der Waals surface area (Å²) in [5.74, 6) is 0. The van der Waals surface area contributed by atoms with Gasteiger partial charge in [-0.05, 0) is 6.92 Å². The zero-order chi connectivity index (χ0) is 4.12. The molecular formula is C5H10Po. The summed E-state index contributed by atoms with van der Waals surface area (Å²) in [5, 5.41) is 0. The third-order valence-corrected chi connectivity index (χ3v) is 0.329. The molecule has 0 aromatic heterocycles. The van der Waals surface area contributed by atoms with Crippen molar-refractivity contribution in [3.05, 3.63) is 24.8 Å². The van der Waals surface area contributed by atoms with Crippen molar-refractivity contribution >= 4 is 26.6 Å². The predicted molar refractivity (Wildman–Crippen MR) is 33.6 cm³/mol. The van der Waals surface area contributed by atoms with Gasteiger partial charge in [0.2, 0.25) is 0 Å². The molecule has 0 heterocycles. The first-order valence-corrected chi connectivity index (χ1v) is 1.65. The Morgan fingerprint density at radius 1 is 1.50 bits per heavy atom. The van der Waals surface area contributed by atoms with Gasteiger partial charge in [-0.1, -0.05) is 24.8 Å². The van der Waals surface area contributed by atoms with Crippen LogP contribution in [0.4, 0.5) is 0 Å². The summed E-state index contributed by atoms with van der Waals surface area (Å²) in [5.41, 5.74) is 0. The van der Waals surface area contributed by atoms with E-state index in [4.69, 9.17) is 0 Å². The van der Waals surface area contributed by atoms with E-state index >= 15 is 0 Å². The molecule has 6 heavy (non-hydrogen) atoms. The molecule has 0 saturated carbocycles. The van der Waals surface area contributed by atoms with Crippen LogP contribution in [-0.2, 0) is 0 Å². The molecular weight excluding hydrogens is 269 g/mol. The Kier molecular flexibility index (Phi) is 14.5. The number of hydrogen-bond donors (Lipinski definition) is 0. The van der Waals surface area contributed by atoms with Crippen LogP contribution >= 0.6 is 0 Å². The fourth-order valence-corrected chi connectivity index (χ4v) is 0.136. The molecule has 0 unspecified atom stereocenters. The van der Waals surface area contributed by atoms with E-state index in [2.05, 4.69) is 6.58 Å². The van der Waals surface area contributed by atoms with Crippen LogP contribution in [0.2, 0.25) is 0 Å². The Bertz CT molecular complexity index is 45.9. The van der Waals surface area contributed by atoms with Gasteiger partial charge >= 0.3 is 26.6 Å². The van der Waals surface area contributed by atoms with Gasteiger partial charge in [-0.3, -0.25) is 0 Å². The summed E-state index contributed by atoms with van der Waals surface area (Å²) < 4.78 is 0. The maximum atomic E-state index is 3.46. The summed E-state index contributed by atoms with van der Waals surface area (Å²) in [7, 11) is 0. The first-order valence-electron chi connectivity index (χ1n) is 1.65. The van der Waals surface area contributed by atoms with E-state index in [0.29, 0.717) is 0 Å². The van der Waals surface area contributed by atoms with Gasteiger partial charge in [0.1, 0.15) is 0 Å². The van der Waals surface area contributed by atoms with Crippen molar-refractivity contribution in [1.29, 1.82) is 0 Å². The van der Waals surface area contributed by atoms with Crippen LogP contribution in [0.3, 0.4) is 0 Å². The molecule has 0 aliphatic rings. The molecule has 0 atom stereocenters. The fourth-order valence-electron chi connectivity index (χ4n) is 0.136. The Hall–Kier alpha value is 0.376. The normalized spacial score (nSPS) is 7.50. The number of allylic oxidation sites excluding steroid dienone is 3. The number of hydrogen-bond acceptors (Lipinski definition) is 0. The van der Waals surface area contributed by atoms with Gasteiger partial charge in [0.05, 0.1) is 0 Å². The van der Waals surface area contributed by atoms with Crippen molar-refractivity contribution in [1.82, 2.24) is 0 Å². The van der Waals surface area contributed by atoms with E-state index in [9.17, 15) is 0 Å². The molecule has 1 heteroatoms. The molecule has 0 radical (unpaired) electrons. The quantitative estimate of drug-likeness (QED) is 0.624. The Balaban J connectivity index is 0. The summed E-state index contributed by atoms with van der Waals surface area (Å²) in [6, 6.07) is 0. The molecule has 0 aliphatic carbocycles. The van der Waals surface area contributed by atoms with Crippen LogP contribution in [-0.4, -0.2) is 26.6 Å². The Morgan fingerprint density at radius 2 is 2.00 bits per heavy atom. The van der Waals surface area contributed by atoms with Crippen molar-refractivity contribution < 1.29 is 0 Å². The van der Waals surface area contributed by atoms with E-state index in [1.807, 2.05) is 19.1 Å². The number of rotatable bonds is 1. The summed E-state index contributed by atoms with van der Waals surface area (Å²) in [6.45, 7) is 5.42. The van der Waals surface area contributed by atoms with E-state index in [0.717, 1.165) is 0 Å². The zero-order valence-corrected chi connectivity index (χ0v) is 7.83. The van der Waals surface area contributed by atoms with Gasteiger partial charge in [-0.25, -0.2) is 0 Å². The Morgan fingerprint density at radius 3 is 2.00 bits per heavy atom. The average molecular weight is 279 g/mol. The van der Waals surface area contributed by atoms with Gasteiger partial charge in [0, 0.05) is 0 Å². The molecule has 0 fully saturated rings. The summed E-state index contributed by atoms with van der Waals surface area (Å²) in [6.07, 6.45) is 5.58. The van der Waals surface area contributed by atoms with Crippen molar-refractivity contribution in [2.45, 2.75) is 6.92 Å². The second-order valence-electron chi connectivity index (χ2n) is 0.761.